The number of rotatable bonds is 3. The van der Waals surface area contributed by atoms with Crippen LogP contribution in [0.2, 0.25) is 0 Å². The lowest BCUT2D eigenvalue weighted by Gasteiger charge is -2.25. The van der Waals surface area contributed by atoms with E-state index in [1.807, 2.05) is 6.08 Å². The molecule has 6 atom stereocenters. The molecule has 0 aromatic rings. The Labute approximate surface area is 127 Å². The Kier molecular flexibility index (Phi) is 3.68. The molecule has 0 aliphatic carbocycles. The predicted molar refractivity (Wildman–Crippen MR) is 79.0 cm³/mol. The lowest BCUT2D eigenvalue weighted by Crippen LogP contribution is -2.34. The van der Waals surface area contributed by atoms with Gasteiger partial charge in [0.25, 0.3) is 0 Å². The van der Waals surface area contributed by atoms with E-state index >= 15 is 0 Å². The first-order valence-corrected chi connectivity index (χ1v) is 7.87. The van der Waals surface area contributed by atoms with Crippen LogP contribution in [-0.2, 0) is 9.47 Å². The standard InChI is InChI=1S/C15H16BrClO2/c1-3-5-6-9(17)12-10-7-11-15(18-10)13(12)14(19-11)8(16)4-2/h1,5-6,9-13,15H,4,7H2,2H3/b6-5+,14-8+. The van der Waals surface area contributed by atoms with Crippen molar-refractivity contribution in [3.05, 3.63) is 22.4 Å². The molecule has 2 nitrogen and oxygen atoms in total. The molecule has 0 spiro atoms. The fourth-order valence-corrected chi connectivity index (χ4v) is 4.25. The molecule has 6 unspecified atom stereocenters. The summed E-state index contributed by atoms with van der Waals surface area (Å²) in [7, 11) is 0. The van der Waals surface area contributed by atoms with Crippen LogP contribution in [0.5, 0.6) is 0 Å². The summed E-state index contributed by atoms with van der Waals surface area (Å²) >= 11 is 10.1. The monoisotopic (exact) mass is 342 g/mol. The number of hydrogen-bond donors (Lipinski definition) is 0. The highest BCUT2D eigenvalue weighted by Gasteiger charge is 2.63. The molecule has 3 heterocycles. The second-order valence-corrected chi connectivity index (χ2v) is 6.69. The van der Waals surface area contributed by atoms with E-state index in [1.54, 1.807) is 6.08 Å². The molecule has 4 heteroatoms. The van der Waals surface area contributed by atoms with Crippen molar-refractivity contribution in [2.75, 3.05) is 0 Å². The van der Waals surface area contributed by atoms with Gasteiger partial charge < -0.3 is 9.47 Å². The van der Waals surface area contributed by atoms with Crippen molar-refractivity contribution in [1.29, 1.82) is 0 Å². The molecule has 102 valence electrons. The summed E-state index contributed by atoms with van der Waals surface area (Å²) in [5.74, 6) is 4.06. The van der Waals surface area contributed by atoms with Gasteiger partial charge in [-0.15, -0.1) is 18.0 Å². The van der Waals surface area contributed by atoms with Crippen LogP contribution in [0, 0.1) is 24.2 Å². The zero-order chi connectivity index (χ0) is 13.6. The molecule has 3 aliphatic rings. The van der Waals surface area contributed by atoms with Crippen molar-refractivity contribution in [3.63, 3.8) is 0 Å². The van der Waals surface area contributed by atoms with Crippen LogP contribution in [-0.4, -0.2) is 23.7 Å². The molecule has 3 aliphatic heterocycles. The average Bonchev–Trinajstić information content (AvgIpc) is 3.02. The maximum Gasteiger partial charge on any atom is 0.128 e. The summed E-state index contributed by atoms with van der Waals surface area (Å²) in [4.78, 5) is 0. The van der Waals surface area contributed by atoms with Gasteiger partial charge in [-0.05, 0) is 12.5 Å². The lowest BCUT2D eigenvalue weighted by atomic mass is 9.77. The number of terminal acetylenes is 1. The Morgan fingerprint density at radius 3 is 3.11 bits per heavy atom. The van der Waals surface area contributed by atoms with Gasteiger partial charge in [0.15, 0.2) is 0 Å². The molecular formula is C15H16BrClO2. The van der Waals surface area contributed by atoms with Gasteiger partial charge in [0.05, 0.1) is 17.4 Å². The van der Waals surface area contributed by atoms with Crippen molar-refractivity contribution in [1.82, 2.24) is 0 Å². The van der Waals surface area contributed by atoms with E-state index in [2.05, 4.69) is 28.8 Å². The van der Waals surface area contributed by atoms with Gasteiger partial charge in [-0.3, -0.25) is 0 Å². The van der Waals surface area contributed by atoms with Crippen LogP contribution in [0.1, 0.15) is 19.8 Å². The van der Waals surface area contributed by atoms with Crippen molar-refractivity contribution < 1.29 is 9.47 Å². The zero-order valence-corrected chi connectivity index (χ0v) is 13.0. The number of hydrogen-bond acceptors (Lipinski definition) is 2. The smallest absolute Gasteiger partial charge is 0.128 e. The van der Waals surface area contributed by atoms with Crippen LogP contribution in [0.15, 0.2) is 22.4 Å². The minimum absolute atomic E-state index is 0.106. The Morgan fingerprint density at radius 2 is 2.42 bits per heavy atom. The van der Waals surface area contributed by atoms with Crippen molar-refractivity contribution in [3.8, 4) is 12.3 Å². The molecule has 3 fully saturated rings. The SMILES string of the molecule is C#C/C=C/C(Cl)C1C2CC3O/C(=C(/Br)CC)C1C3O2. The molecule has 2 bridgehead atoms. The highest BCUT2D eigenvalue weighted by molar-refractivity contribution is 9.11. The summed E-state index contributed by atoms with van der Waals surface area (Å²) in [6.45, 7) is 2.11. The first-order valence-electron chi connectivity index (χ1n) is 6.64. The Balaban J connectivity index is 1.91. The largest absolute Gasteiger partial charge is 0.491 e. The maximum atomic E-state index is 6.51. The van der Waals surface area contributed by atoms with E-state index in [0.29, 0.717) is 0 Å². The zero-order valence-electron chi connectivity index (χ0n) is 10.7. The highest BCUT2D eigenvalue weighted by atomic mass is 79.9. The molecule has 0 aromatic carbocycles. The van der Waals surface area contributed by atoms with Gasteiger partial charge in [0, 0.05) is 16.8 Å². The van der Waals surface area contributed by atoms with Gasteiger partial charge in [0.2, 0.25) is 0 Å². The topological polar surface area (TPSA) is 18.5 Å². The van der Waals surface area contributed by atoms with Crippen LogP contribution in [0.3, 0.4) is 0 Å². The molecule has 0 N–H and O–H groups in total. The van der Waals surface area contributed by atoms with Crippen molar-refractivity contribution >= 4 is 27.5 Å². The maximum absolute atomic E-state index is 6.51. The molecular weight excluding hydrogens is 328 g/mol. The summed E-state index contributed by atoms with van der Waals surface area (Å²) in [6.07, 6.45) is 11.3. The normalized spacial score (nSPS) is 43.4. The number of allylic oxidation sites excluding steroid dienone is 3. The Hall–Kier alpha value is -0.430. The van der Waals surface area contributed by atoms with Crippen LogP contribution >= 0.6 is 27.5 Å². The summed E-state index contributed by atoms with van der Waals surface area (Å²) < 4.78 is 13.2. The van der Waals surface area contributed by atoms with Crippen LogP contribution in [0.4, 0.5) is 0 Å². The van der Waals surface area contributed by atoms with Gasteiger partial charge in [-0.25, -0.2) is 0 Å². The van der Waals surface area contributed by atoms with E-state index in [-0.39, 0.29) is 35.5 Å². The van der Waals surface area contributed by atoms with E-state index in [1.165, 1.54) is 0 Å². The second-order valence-electron chi connectivity index (χ2n) is 5.23. The van der Waals surface area contributed by atoms with Crippen molar-refractivity contribution in [2.45, 2.75) is 43.5 Å². The van der Waals surface area contributed by atoms with Crippen molar-refractivity contribution in [2.24, 2.45) is 11.8 Å². The van der Waals surface area contributed by atoms with E-state index in [0.717, 1.165) is 23.1 Å². The number of alkyl halides is 1. The first kappa shape index (κ1) is 13.5. The van der Waals surface area contributed by atoms with Gasteiger partial charge in [-0.2, -0.15) is 0 Å². The van der Waals surface area contributed by atoms with E-state index in [9.17, 15) is 0 Å². The summed E-state index contributed by atoms with van der Waals surface area (Å²) in [5, 5.41) is -0.106. The summed E-state index contributed by atoms with van der Waals surface area (Å²) in [5.41, 5.74) is 0. The molecule has 3 saturated heterocycles. The third kappa shape index (κ3) is 2.05. The second kappa shape index (κ2) is 5.16. The number of fused-ring (bicyclic) bond motifs is 1. The predicted octanol–water partition coefficient (Wildman–Crippen LogP) is 3.60. The van der Waals surface area contributed by atoms with Gasteiger partial charge >= 0.3 is 0 Å². The minimum Gasteiger partial charge on any atom is -0.491 e. The highest BCUT2D eigenvalue weighted by Crippen LogP contribution is 2.56. The quantitative estimate of drug-likeness (QED) is 0.576. The van der Waals surface area contributed by atoms with E-state index < -0.39 is 0 Å². The van der Waals surface area contributed by atoms with Gasteiger partial charge in [-0.1, -0.05) is 34.9 Å². The molecule has 3 rings (SSSR count). The van der Waals surface area contributed by atoms with Gasteiger partial charge in [0.1, 0.15) is 18.0 Å². The number of ether oxygens (including phenoxy) is 2. The Morgan fingerprint density at radius 1 is 1.63 bits per heavy atom. The molecule has 0 aromatic heterocycles. The molecule has 19 heavy (non-hydrogen) atoms. The fourth-order valence-electron chi connectivity index (χ4n) is 3.50. The Bertz CT molecular complexity index is 477. The minimum atomic E-state index is -0.106. The molecule has 0 radical (unpaired) electrons. The van der Waals surface area contributed by atoms with Crippen LogP contribution < -0.4 is 0 Å². The summed E-state index contributed by atoms with van der Waals surface area (Å²) in [6, 6.07) is 0. The molecule has 0 amide bonds. The van der Waals surface area contributed by atoms with Crippen LogP contribution in [0.25, 0.3) is 0 Å². The molecule has 0 saturated carbocycles. The third-order valence-corrected chi connectivity index (χ3v) is 5.65. The van der Waals surface area contributed by atoms with E-state index in [4.69, 9.17) is 27.5 Å². The lowest BCUT2D eigenvalue weighted by molar-refractivity contribution is 0.0690. The first-order chi connectivity index (χ1) is 9.17. The number of halogens is 2. The average molecular weight is 344 g/mol. The fraction of sp³-hybridized carbons (Fsp3) is 0.600. The third-order valence-electron chi connectivity index (χ3n) is 4.26.